The van der Waals surface area contributed by atoms with Crippen LogP contribution >= 0.6 is 0 Å². The van der Waals surface area contributed by atoms with Crippen molar-refractivity contribution in [2.75, 3.05) is 32.7 Å². The standard InChI is InChI=1S/C20H25FN4O2/c21-17-6-4-16(5-7-17)19(27)25-12-10-24(11-13-25)14-18(26)23-20(15-22)8-2-1-3-9-20/h4-7H,1-3,8-14H2,(H,23,26). The minimum atomic E-state index is -0.713. The molecule has 144 valence electrons. The Balaban J connectivity index is 1.47. The van der Waals surface area contributed by atoms with E-state index >= 15 is 0 Å². The second kappa shape index (κ2) is 8.49. The van der Waals surface area contributed by atoms with Crippen LogP contribution in [0.3, 0.4) is 0 Å². The van der Waals surface area contributed by atoms with E-state index in [9.17, 15) is 19.2 Å². The summed E-state index contributed by atoms with van der Waals surface area (Å²) in [6, 6.07) is 7.84. The molecule has 2 aliphatic rings. The number of carbonyl (C=O) groups excluding carboxylic acids is 2. The third-order valence-corrected chi connectivity index (χ3v) is 5.42. The maximum atomic E-state index is 13.0. The van der Waals surface area contributed by atoms with Crippen LogP contribution in [0.25, 0.3) is 0 Å². The Morgan fingerprint density at radius 1 is 1.07 bits per heavy atom. The molecule has 1 aromatic rings. The number of amides is 2. The summed E-state index contributed by atoms with van der Waals surface area (Å²) in [5, 5.41) is 12.4. The van der Waals surface area contributed by atoms with Gasteiger partial charge in [-0.3, -0.25) is 14.5 Å². The summed E-state index contributed by atoms with van der Waals surface area (Å²) < 4.78 is 13.0. The zero-order chi connectivity index (χ0) is 19.3. The van der Waals surface area contributed by atoms with Gasteiger partial charge in [0, 0.05) is 31.7 Å². The molecule has 1 N–H and O–H groups in total. The lowest BCUT2D eigenvalue weighted by atomic mass is 9.83. The van der Waals surface area contributed by atoms with E-state index in [1.807, 2.05) is 4.90 Å². The van der Waals surface area contributed by atoms with Gasteiger partial charge in [-0.2, -0.15) is 5.26 Å². The van der Waals surface area contributed by atoms with Crippen LogP contribution in [0, 0.1) is 17.1 Å². The summed E-state index contributed by atoms with van der Waals surface area (Å²) in [7, 11) is 0. The van der Waals surface area contributed by atoms with Crippen molar-refractivity contribution in [2.24, 2.45) is 0 Å². The lowest BCUT2D eigenvalue weighted by Crippen LogP contribution is -2.55. The Morgan fingerprint density at radius 3 is 2.30 bits per heavy atom. The van der Waals surface area contributed by atoms with Gasteiger partial charge in [0.1, 0.15) is 11.4 Å². The topological polar surface area (TPSA) is 76.4 Å². The number of benzene rings is 1. The van der Waals surface area contributed by atoms with E-state index in [0.717, 1.165) is 32.1 Å². The molecule has 0 radical (unpaired) electrons. The highest BCUT2D eigenvalue weighted by Gasteiger charge is 2.34. The maximum absolute atomic E-state index is 13.0. The van der Waals surface area contributed by atoms with Crippen LogP contribution in [0.2, 0.25) is 0 Å². The molecule has 3 rings (SSSR count). The molecule has 1 saturated heterocycles. The third kappa shape index (κ3) is 4.83. The number of piperazine rings is 1. The van der Waals surface area contributed by atoms with Gasteiger partial charge in [0.05, 0.1) is 12.6 Å². The number of hydrogen-bond acceptors (Lipinski definition) is 4. The van der Waals surface area contributed by atoms with Crippen LogP contribution < -0.4 is 5.32 Å². The van der Waals surface area contributed by atoms with Gasteiger partial charge >= 0.3 is 0 Å². The largest absolute Gasteiger partial charge is 0.337 e. The van der Waals surface area contributed by atoms with E-state index in [1.54, 1.807) is 4.90 Å². The van der Waals surface area contributed by atoms with Crippen LogP contribution in [-0.4, -0.2) is 59.9 Å². The third-order valence-electron chi connectivity index (χ3n) is 5.42. The molecule has 0 aromatic heterocycles. The van der Waals surface area contributed by atoms with Crippen molar-refractivity contribution in [3.63, 3.8) is 0 Å². The summed E-state index contributed by atoms with van der Waals surface area (Å²) >= 11 is 0. The van der Waals surface area contributed by atoms with Crippen LogP contribution in [0.1, 0.15) is 42.5 Å². The Morgan fingerprint density at radius 2 is 1.70 bits per heavy atom. The molecule has 27 heavy (non-hydrogen) atoms. The van der Waals surface area contributed by atoms with E-state index < -0.39 is 5.54 Å². The van der Waals surface area contributed by atoms with Crippen molar-refractivity contribution in [3.05, 3.63) is 35.6 Å². The van der Waals surface area contributed by atoms with Gasteiger partial charge in [0.2, 0.25) is 5.91 Å². The predicted octanol–water partition coefficient (Wildman–Crippen LogP) is 1.93. The number of halogens is 1. The van der Waals surface area contributed by atoms with Crippen LogP contribution in [0.15, 0.2) is 24.3 Å². The molecule has 2 fully saturated rings. The first-order valence-corrected chi connectivity index (χ1v) is 9.51. The highest BCUT2D eigenvalue weighted by atomic mass is 19.1. The second-order valence-electron chi connectivity index (χ2n) is 7.38. The Labute approximate surface area is 158 Å². The van der Waals surface area contributed by atoms with E-state index in [4.69, 9.17) is 0 Å². The average molecular weight is 372 g/mol. The first-order chi connectivity index (χ1) is 13.0. The van der Waals surface area contributed by atoms with Crippen molar-refractivity contribution in [3.8, 4) is 6.07 Å². The number of nitriles is 1. The quantitative estimate of drug-likeness (QED) is 0.876. The maximum Gasteiger partial charge on any atom is 0.253 e. The van der Waals surface area contributed by atoms with E-state index in [1.165, 1.54) is 24.3 Å². The van der Waals surface area contributed by atoms with Gasteiger partial charge in [-0.25, -0.2) is 4.39 Å². The van der Waals surface area contributed by atoms with E-state index in [-0.39, 0.29) is 24.2 Å². The molecule has 1 heterocycles. The minimum absolute atomic E-state index is 0.121. The van der Waals surface area contributed by atoms with Crippen molar-refractivity contribution < 1.29 is 14.0 Å². The highest BCUT2D eigenvalue weighted by Crippen LogP contribution is 2.27. The number of carbonyl (C=O) groups is 2. The molecule has 0 spiro atoms. The molecule has 1 aliphatic heterocycles. The van der Waals surface area contributed by atoms with Crippen LogP contribution in [-0.2, 0) is 4.79 Å². The monoisotopic (exact) mass is 372 g/mol. The lowest BCUT2D eigenvalue weighted by molar-refractivity contribution is -0.124. The van der Waals surface area contributed by atoms with Crippen LogP contribution in [0.4, 0.5) is 4.39 Å². The van der Waals surface area contributed by atoms with E-state index in [0.29, 0.717) is 31.7 Å². The summed E-state index contributed by atoms with van der Waals surface area (Å²) in [6.07, 6.45) is 4.49. The minimum Gasteiger partial charge on any atom is -0.337 e. The summed E-state index contributed by atoms with van der Waals surface area (Å²) in [4.78, 5) is 28.6. The lowest BCUT2D eigenvalue weighted by Gasteiger charge is -2.36. The van der Waals surface area contributed by atoms with Gasteiger partial charge in [0.25, 0.3) is 5.91 Å². The summed E-state index contributed by atoms with van der Waals surface area (Å²) in [5.74, 6) is -0.614. The summed E-state index contributed by atoms with van der Waals surface area (Å²) in [5.41, 5.74) is -0.244. The van der Waals surface area contributed by atoms with Gasteiger partial charge in [-0.1, -0.05) is 19.3 Å². The van der Waals surface area contributed by atoms with Crippen molar-refractivity contribution in [1.82, 2.24) is 15.1 Å². The van der Waals surface area contributed by atoms with Crippen molar-refractivity contribution >= 4 is 11.8 Å². The first kappa shape index (κ1) is 19.3. The summed E-state index contributed by atoms with van der Waals surface area (Å²) in [6.45, 7) is 2.47. The Kier molecular flexibility index (Phi) is 6.07. The molecule has 0 unspecified atom stereocenters. The van der Waals surface area contributed by atoms with Gasteiger partial charge in [-0.05, 0) is 37.1 Å². The smallest absolute Gasteiger partial charge is 0.253 e. The van der Waals surface area contributed by atoms with Crippen molar-refractivity contribution in [1.29, 1.82) is 5.26 Å². The molecule has 0 atom stereocenters. The first-order valence-electron chi connectivity index (χ1n) is 9.51. The number of hydrogen-bond donors (Lipinski definition) is 1. The molecule has 7 heteroatoms. The second-order valence-corrected chi connectivity index (χ2v) is 7.38. The van der Waals surface area contributed by atoms with Gasteiger partial charge in [0.15, 0.2) is 0 Å². The molecule has 1 saturated carbocycles. The SMILES string of the molecule is N#CC1(NC(=O)CN2CCN(C(=O)c3ccc(F)cc3)CC2)CCCCC1. The molecule has 0 bridgehead atoms. The molecular formula is C20H25FN4O2. The Hall–Kier alpha value is -2.46. The fourth-order valence-electron chi connectivity index (χ4n) is 3.81. The normalized spacial score (nSPS) is 19.9. The number of nitrogens with zero attached hydrogens (tertiary/aromatic N) is 3. The van der Waals surface area contributed by atoms with Gasteiger partial charge < -0.3 is 10.2 Å². The highest BCUT2D eigenvalue weighted by molar-refractivity contribution is 5.94. The average Bonchev–Trinajstić information content (AvgIpc) is 2.69. The number of nitrogens with one attached hydrogen (secondary N) is 1. The zero-order valence-corrected chi connectivity index (χ0v) is 15.4. The molecule has 1 aromatic carbocycles. The molecule has 1 aliphatic carbocycles. The van der Waals surface area contributed by atoms with Crippen LogP contribution in [0.5, 0.6) is 0 Å². The zero-order valence-electron chi connectivity index (χ0n) is 15.4. The fourth-order valence-corrected chi connectivity index (χ4v) is 3.81. The number of rotatable bonds is 4. The predicted molar refractivity (Wildman–Crippen MR) is 98.3 cm³/mol. The van der Waals surface area contributed by atoms with Crippen molar-refractivity contribution in [2.45, 2.75) is 37.6 Å². The molecule has 6 nitrogen and oxygen atoms in total. The molecule has 2 amide bonds. The van der Waals surface area contributed by atoms with Gasteiger partial charge in [-0.15, -0.1) is 0 Å². The fraction of sp³-hybridized carbons (Fsp3) is 0.550. The van der Waals surface area contributed by atoms with E-state index in [2.05, 4.69) is 11.4 Å². The Bertz CT molecular complexity index is 714. The molecular weight excluding hydrogens is 347 g/mol.